The summed E-state index contributed by atoms with van der Waals surface area (Å²) in [6, 6.07) is 67.8. The van der Waals surface area contributed by atoms with Gasteiger partial charge in [0.25, 0.3) is 0 Å². The summed E-state index contributed by atoms with van der Waals surface area (Å²) in [7, 11) is 0. The van der Waals surface area contributed by atoms with Gasteiger partial charge in [-0.3, -0.25) is 0 Å². The van der Waals surface area contributed by atoms with Crippen molar-refractivity contribution in [2.75, 3.05) is 4.90 Å². The Kier molecular flexibility index (Phi) is 7.19. The van der Waals surface area contributed by atoms with Crippen LogP contribution in [0.1, 0.15) is 25.0 Å². The second-order valence-corrected chi connectivity index (χ2v) is 14.5. The van der Waals surface area contributed by atoms with Crippen LogP contribution in [0.3, 0.4) is 0 Å². The third-order valence-electron chi connectivity index (χ3n) is 11.1. The van der Waals surface area contributed by atoms with Crippen LogP contribution in [0.15, 0.2) is 192 Å². The lowest BCUT2D eigenvalue weighted by atomic mass is 9.81. The SMILES string of the molecule is CC1(C)c2ccccc2-c2c(-c3cccc(N(c4ccccc4)c4cccc(-c5cccc6c5oc5ccccc56)c4)c3-c3ccccc3)cccc21. The Labute approximate surface area is 310 Å². The maximum Gasteiger partial charge on any atom is 0.143 e. The molecule has 0 spiro atoms. The molecule has 1 aromatic heterocycles. The number of fused-ring (bicyclic) bond motifs is 6. The summed E-state index contributed by atoms with van der Waals surface area (Å²) in [5.74, 6) is 0. The van der Waals surface area contributed by atoms with E-state index in [9.17, 15) is 0 Å². The monoisotopic (exact) mass is 679 g/mol. The fraction of sp³-hybridized carbons (Fsp3) is 0.0588. The van der Waals surface area contributed by atoms with E-state index >= 15 is 0 Å². The Morgan fingerprint density at radius 2 is 0.981 bits per heavy atom. The van der Waals surface area contributed by atoms with Gasteiger partial charge in [-0.25, -0.2) is 0 Å². The van der Waals surface area contributed by atoms with Gasteiger partial charge in [0, 0.05) is 38.7 Å². The molecule has 0 fully saturated rings. The molecular weight excluding hydrogens is 643 g/mol. The predicted octanol–water partition coefficient (Wildman–Crippen LogP) is 14.4. The lowest BCUT2D eigenvalue weighted by Crippen LogP contribution is -2.14. The smallest absolute Gasteiger partial charge is 0.143 e. The van der Waals surface area contributed by atoms with Gasteiger partial charge in [-0.1, -0.05) is 166 Å². The molecule has 1 aliphatic carbocycles. The maximum atomic E-state index is 6.51. The number of benzene rings is 8. The molecule has 252 valence electrons. The first kappa shape index (κ1) is 31.1. The summed E-state index contributed by atoms with van der Waals surface area (Å²) in [4.78, 5) is 2.41. The molecule has 0 atom stereocenters. The van der Waals surface area contributed by atoms with Crippen molar-refractivity contribution in [2.24, 2.45) is 0 Å². The van der Waals surface area contributed by atoms with Gasteiger partial charge in [0.05, 0.1) is 5.69 Å². The summed E-state index contributed by atoms with van der Waals surface area (Å²) >= 11 is 0. The van der Waals surface area contributed by atoms with E-state index in [0.29, 0.717) is 0 Å². The van der Waals surface area contributed by atoms with Gasteiger partial charge in [0.2, 0.25) is 0 Å². The van der Waals surface area contributed by atoms with E-state index in [1.165, 1.54) is 44.5 Å². The van der Waals surface area contributed by atoms with Crippen molar-refractivity contribution in [2.45, 2.75) is 19.3 Å². The molecule has 1 aliphatic rings. The van der Waals surface area contributed by atoms with E-state index in [-0.39, 0.29) is 5.41 Å². The average Bonchev–Trinajstić information content (AvgIpc) is 3.71. The van der Waals surface area contributed by atoms with Crippen LogP contribution >= 0.6 is 0 Å². The fourth-order valence-corrected chi connectivity index (χ4v) is 8.63. The molecule has 1 heterocycles. The zero-order chi connectivity index (χ0) is 35.5. The lowest BCUT2D eigenvalue weighted by Gasteiger charge is -2.30. The number of hydrogen-bond acceptors (Lipinski definition) is 2. The van der Waals surface area contributed by atoms with Gasteiger partial charge in [-0.15, -0.1) is 0 Å². The molecule has 0 amide bonds. The van der Waals surface area contributed by atoms with Crippen LogP contribution in [0.5, 0.6) is 0 Å². The molecule has 0 radical (unpaired) electrons. The van der Waals surface area contributed by atoms with E-state index in [2.05, 4.69) is 195 Å². The second kappa shape index (κ2) is 12.3. The number of nitrogens with zero attached hydrogens (tertiary/aromatic N) is 1. The third kappa shape index (κ3) is 4.94. The molecule has 2 heteroatoms. The van der Waals surface area contributed by atoms with Crippen LogP contribution in [0.25, 0.3) is 66.4 Å². The first-order chi connectivity index (χ1) is 26.1. The number of anilines is 3. The lowest BCUT2D eigenvalue weighted by molar-refractivity contribution is 0.660. The van der Waals surface area contributed by atoms with Gasteiger partial charge in [-0.2, -0.15) is 0 Å². The summed E-state index contributed by atoms with van der Waals surface area (Å²) in [6.45, 7) is 4.71. The average molecular weight is 680 g/mol. The molecule has 0 N–H and O–H groups in total. The molecule has 9 aromatic rings. The van der Waals surface area contributed by atoms with Crippen LogP contribution in [-0.2, 0) is 5.41 Å². The van der Waals surface area contributed by atoms with E-state index in [4.69, 9.17) is 4.42 Å². The highest BCUT2D eigenvalue weighted by atomic mass is 16.3. The standard InChI is InChI=1S/C51H37NO/c1-51(2)44-29-11-9-24-43(44)49-41(26-15-30-45(49)51)40-27-16-31-46(48(40)34-17-5-3-6-18-34)52(36-20-7-4-8-21-36)37-22-13-19-35(33-37)38-25-14-28-42-39-23-10-12-32-47(39)53-50(38)42/h3-33H,1-2H3. The van der Waals surface area contributed by atoms with E-state index < -0.39 is 0 Å². The molecule has 0 saturated heterocycles. The summed E-state index contributed by atoms with van der Waals surface area (Å²) in [5, 5.41) is 2.26. The van der Waals surface area contributed by atoms with Crippen molar-refractivity contribution in [3.05, 3.63) is 199 Å². The number of para-hydroxylation sites is 3. The normalized spacial score (nSPS) is 12.9. The molecule has 53 heavy (non-hydrogen) atoms. The van der Waals surface area contributed by atoms with Crippen LogP contribution in [0.4, 0.5) is 17.1 Å². The minimum absolute atomic E-state index is 0.0916. The van der Waals surface area contributed by atoms with E-state index in [1.807, 2.05) is 12.1 Å². The Hall–Kier alpha value is -6.64. The molecular formula is C51H37NO. The zero-order valence-corrected chi connectivity index (χ0v) is 29.8. The van der Waals surface area contributed by atoms with Gasteiger partial charge in [-0.05, 0) is 80.9 Å². The van der Waals surface area contributed by atoms with E-state index in [1.54, 1.807) is 0 Å². The van der Waals surface area contributed by atoms with Gasteiger partial charge < -0.3 is 9.32 Å². The molecule has 0 bridgehead atoms. The highest BCUT2D eigenvalue weighted by Crippen LogP contribution is 2.54. The fourth-order valence-electron chi connectivity index (χ4n) is 8.63. The summed E-state index contributed by atoms with van der Waals surface area (Å²) in [6.07, 6.45) is 0. The van der Waals surface area contributed by atoms with Gasteiger partial charge >= 0.3 is 0 Å². The molecule has 2 nitrogen and oxygen atoms in total. The minimum Gasteiger partial charge on any atom is -0.455 e. The number of rotatable bonds is 6. The zero-order valence-electron chi connectivity index (χ0n) is 29.8. The van der Waals surface area contributed by atoms with Crippen molar-refractivity contribution >= 4 is 39.0 Å². The molecule has 0 unspecified atom stereocenters. The topological polar surface area (TPSA) is 16.4 Å². The van der Waals surface area contributed by atoms with Crippen molar-refractivity contribution in [1.82, 2.24) is 0 Å². The first-order valence-corrected chi connectivity index (χ1v) is 18.4. The van der Waals surface area contributed by atoms with Crippen molar-refractivity contribution in [1.29, 1.82) is 0 Å². The predicted molar refractivity (Wildman–Crippen MR) is 222 cm³/mol. The minimum atomic E-state index is -0.0916. The molecule has 10 rings (SSSR count). The third-order valence-corrected chi connectivity index (χ3v) is 11.1. The molecule has 0 saturated carbocycles. The van der Waals surface area contributed by atoms with Crippen LogP contribution in [0, 0.1) is 0 Å². The number of furan rings is 1. The van der Waals surface area contributed by atoms with Crippen molar-refractivity contribution in [3.63, 3.8) is 0 Å². The summed E-state index contributed by atoms with van der Waals surface area (Å²) in [5.41, 5.74) is 17.4. The van der Waals surface area contributed by atoms with Crippen molar-refractivity contribution < 1.29 is 4.42 Å². The second-order valence-electron chi connectivity index (χ2n) is 14.5. The quantitative estimate of drug-likeness (QED) is 0.174. The Morgan fingerprint density at radius 3 is 1.83 bits per heavy atom. The Bertz CT molecular complexity index is 2810. The molecule has 0 aliphatic heterocycles. The van der Waals surface area contributed by atoms with E-state index in [0.717, 1.165) is 50.1 Å². The van der Waals surface area contributed by atoms with Crippen LogP contribution < -0.4 is 4.90 Å². The van der Waals surface area contributed by atoms with Crippen molar-refractivity contribution in [3.8, 4) is 44.5 Å². The van der Waals surface area contributed by atoms with Gasteiger partial charge in [0.15, 0.2) is 0 Å². The first-order valence-electron chi connectivity index (χ1n) is 18.4. The number of hydrogen-bond donors (Lipinski definition) is 0. The maximum absolute atomic E-state index is 6.51. The Balaban J connectivity index is 1.22. The van der Waals surface area contributed by atoms with Crippen LogP contribution in [-0.4, -0.2) is 0 Å². The highest BCUT2D eigenvalue weighted by molar-refractivity contribution is 6.10. The van der Waals surface area contributed by atoms with Gasteiger partial charge in [0.1, 0.15) is 11.2 Å². The van der Waals surface area contributed by atoms with Crippen LogP contribution in [0.2, 0.25) is 0 Å². The molecule has 8 aromatic carbocycles. The highest BCUT2D eigenvalue weighted by Gasteiger charge is 2.37. The Morgan fingerprint density at radius 1 is 0.415 bits per heavy atom. The largest absolute Gasteiger partial charge is 0.455 e. The summed E-state index contributed by atoms with van der Waals surface area (Å²) < 4.78 is 6.51.